The van der Waals surface area contributed by atoms with Gasteiger partial charge in [0, 0.05) is 30.7 Å². The third-order valence-electron chi connectivity index (χ3n) is 4.46. The van der Waals surface area contributed by atoms with Crippen molar-refractivity contribution in [3.8, 4) is 23.0 Å². The van der Waals surface area contributed by atoms with E-state index in [1.165, 1.54) is 0 Å². The minimum atomic E-state index is -0.116. The van der Waals surface area contributed by atoms with Crippen molar-refractivity contribution in [1.82, 2.24) is 15.0 Å². The summed E-state index contributed by atoms with van der Waals surface area (Å²) < 4.78 is 10.5. The summed E-state index contributed by atoms with van der Waals surface area (Å²) in [5.41, 5.74) is 2.25. The van der Waals surface area contributed by atoms with E-state index < -0.39 is 0 Å². The normalized spacial score (nSPS) is 10.3. The van der Waals surface area contributed by atoms with Crippen molar-refractivity contribution >= 4 is 17.4 Å². The van der Waals surface area contributed by atoms with Gasteiger partial charge in [-0.2, -0.15) is 4.98 Å². The minimum absolute atomic E-state index is 0.0655. The lowest BCUT2D eigenvalue weighted by Gasteiger charge is -2.19. The van der Waals surface area contributed by atoms with Crippen molar-refractivity contribution < 1.29 is 14.3 Å². The van der Waals surface area contributed by atoms with E-state index in [0.29, 0.717) is 17.5 Å². The molecule has 0 radical (unpaired) electrons. The maximum absolute atomic E-state index is 12.6. The second-order valence-corrected chi connectivity index (χ2v) is 6.28. The summed E-state index contributed by atoms with van der Waals surface area (Å²) in [7, 11) is 4.88. The van der Waals surface area contributed by atoms with Crippen LogP contribution in [0.3, 0.4) is 0 Å². The van der Waals surface area contributed by atoms with Crippen LogP contribution in [0.25, 0.3) is 11.4 Å². The monoisotopic (exact) mass is 393 g/mol. The molecular weight excluding hydrogens is 370 g/mol. The molecule has 1 N–H and O–H groups in total. The molecule has 3 aromatic rings. The molecule has 0 atom stereocenters. The zero-order valence-electron chi connectivity index (χ0n) is 16.8. The zero-order chi connectivity index (χ0) is 20.8. The van der Waals surface area contributed by atoms with Crippen molar-refractivity contribution in [3.05, 3.63) is 54.4 Å². The summed E-state index contributed by atoms with van der Waals surface area (Å²) in [5.74, 6) is 2.07. The number of pyridine rings is 1. The lowest BCUT2D eigenvalue weighted by Crippen LogP contribution is -2.32. The summed E-state index contributed by atoms with van der Waals surface area (Å²) in [6.45, 7) is 1.90. The Morgan fingerprint density at radius 3 is 2.48 bits per heavy atom. The highest BCUT2D eigenvalue weighted by molar-refractivity contribution is 5.95. The fourth-order valence-electron chi connectivity index (χ4n) is 2.72. The maximum atomic E-state index is 12.6. The van der Waals surface area contributed by atoms with Crippen molar-refractivity contribution in [2.24, 2.45) is 0 Å². The quantitative estimate of drug-likeness (QED) is 0.660. The summed E-state index contributed by atoms with van der Waals surface area (Å²) >= 11 is 0. The molecule has 1 aromatic carbocycles. The molecule has 0 aliphatic rings. The molecule has 8 nitrogen and oxygen atoms in total. The van der Waals surface area contributed by atoms with E-state index in [1.54, 1.807) is 38.6 Å². The van der Waals surface area contributed by atoms with Crippen molar-refractivity contribution in [2.45, 2.75) is 6.92 Å². The summed E-state index contributed by atoms with van der Waals surface area (Å²) in [5, 5.41) is 3.10. The lowest BCUT2D eigenvalue weighted by molar-refractivity contribution is -0.116. The molecule has 8 heteroatoms. The van der Waals surface area contributed by atoms with Gasteiger partial charge >= 0.3 is 0 Å². The maximum Gasteiger partial charge on any atom is 0.246 e. The Balaban J connectivity index is 1.77. The molecule has 0 unspecified atom stereocenters. The molecule has 0 bridgehead atoms. The number of anilines is 2. The molecule has 0 saturated carbocycles. The first-order valence-electron chi connectivity index (χ1n) is 9.01. The van der Waals surface area contributed by atoms with Crippen LogP contribution in [0.2, 0.25) is 0 Å². The van der Waals surface area contributed by atoms with Gasteiger partial charge in [-0.05, 0) is 43.3 Å². The fourth-order valence-corrected chi connectivity index (χ4v) is 2.72. The number of nitrogens with zero attached hydrogens (tertiary/aromatic N) is 4. The van der Waals surface area contributed by atoms with Crippen molar-refractivity contribution in [2.75, 3.05) is 38.0 Å². The summed E-state index contributed by atoms with van der Waals surface area (Å²) in [4.78, 5) is 27.3. The van der Waals surface area contributed by atoms with Crippen LogP contribution >= 0.6 is 0 Å². The first kappa shape index (κ1) is 20.1. The van der Waals surface area contributed by atoms with Crippen molar-refractivity contribution in [1.29, 1.82) is 0 Å². The second-order valence-electron chi connectivity index (χ2n) is 6.28. The summed E-state index contributed by atoms with van der Waals surface area (Å²) in [6.07, 6.45) is 3.36. The molecule has 2 heterocycles. The van der Waals surface area contributed by atoms with Crippen LogP contribution in [-0.4, -0.2) is 48.7 Å². The van der Waals surface area contributed by atoms with E-state index in [2.05, 4.69) is 20.3 Å². The Morgan fingerprint density at radius 2 is 1.86 bits per heavy atom. The van der Waals surface area contributed by atoms with Gasteiger partial charge in [0.25, 0.3) is 0 Å². The van der Waals surface area contributed by atoms with E-state index in [0.717, 1.165) is 22.6 Å². The smallest absolute Gasteiger partial charge is 0.246 e. The molecule has 3 rings (SSSR count). The molecule has 0 saturated heterocycles. The van der Waals surface area contributed by atoms with E-state index in [-0.39, 0.29) is 12.5 Å². The number of rotatable bonds is 7. The van der Waals surface area contributed by atoms with Crippen LogP contribution in [-0.2, 0) is 4.79 Å². The van der Waals surface area contributed by atoms with Gasteiger partial charge < -0.3 is 19.7 Å². The number of hydrogen-bond donors (Lipinski definition) is 1. The number of aromatic nitrogens is 3. The molecule has 0 aliphatic heterocycles. The summed E-state index contributed by atoms with van der Waals surface area (Å²) in [6, 6.07) is 11.0. The van der Waals surface area contributed by atoms with E-state index in [1.807, 2.05) is 43.3 Å². The Labute approximate surface area is 169 Å². The first-order chi connectivity index (χ1) is 14.0. The van der Waals surface area contributed by atoms with Gasteiger partial charge in [0.1, 0.15) is 11.6 Å². The second kappa shape index (κ2) is 9.01. The number of amides is 1. The Morgan fingerprint density at radius 1 is 1.10 bits per heavy atom. The molecule has 150 valence electrons. The molecule has 29 heavy (non-hydrogen) atoms. The van der Waals surface area contributed by atoms with Crippen LogP contribution in [0.1, 0.15) is 5.56 Å². The Kier molecular flexibility index (Phi) is 6.23. The fraction of sp³-hybridized carbons (Fsp3) is 0.238. The largest absolute Gasteiger partial charge is 0.497 e. The van der Waals surface area contributed by atoms with E-state index >= 15 is 0 Å². The van der Waals surface area contributed by atoms with Crippen molar-refractivity contribution in [3.63, 3.8) is 0 Å². The lowest BCUT2D eigenvalue weighted by atomic mass is 10.2. The van der Waals surface area contributed by atoms with Gasteiger partial charge in [-0.1, -0.05) is 0 Å². The van der Waals surface area contributed by atoms with Gasteiger partial charge in [-0.3, -0.25) is 9.78 Å². The molecule has 0 spiro atoms. The molecule has 2 aromatic heterocycles. The number of nitrogens with one attached hydrogen (secondary N) is 1. The average molecular weight is 393 g/mol. The van der Waals surface area contributed by atoms with Crippen LogP contribution in [0.5, 0.6) is 11.6 Å². The van der Waals surface area contributed by atoms with Crippen LogP contribution in [0.4, 0.5) is 11.5 Å². The number of likely N-dealkylation sites (N-methyl/N-ethyl adjacent to an activating group) is 1. The zero-order valence-corrected chi connectivity index (χ0v) is 16.8. The predicted octanol–water partition coefficient (Wildman–Crippen LogP) is 2.94. The Bertz CT molecular complexity index is 978. The van der Waals surface area contributed by atoms with Gasteiger partial charge in [-0.25, -0.2) is 4.98 Å². The molecule has 1 amide bonds. The highest BCUT2D eigenvalue weighted by atomic mass is 16.5. The van der Waals surface area contributed by atoms with Crippen LogP contribution in [0.15, 0.2) is 48.8 Å². The van der Waals surface area contributed by atoms with Crippen LogP contribution in [0, 0.1) is 6.92 Å². The predicted molar refractivity (Wildman–Crippen MR) is 111 cm³/mol. The third kappa shape index (κ3) is 4.60. The molecule has 0 aliphatic carbocycles. The standard InChI is InChI=1S/C21H23N5O3/c1-14-19(24-20(25-21(14)29-4)15-6-5-11-22-12-15)23-13-18(27)26(2)16-7-9-17(28-3)10-8-16/h5-12H,13H2,1-4H3,(H,23,24,25). The minimum Gasteiger partial charge on any atom is -0.497 e. The highest BCUT2D eigenvalue weighted by Crippen LogP contribution is 2.26. The van der Waals surface area contributed by atoms with Gasteiger partial charge in [0.15, 0.2) is 5.82 Å². The van der Waals surface area contributed by atoms with E-state index in [9.17, 15) is 4.79 Å². The molecular formula is C21H23N5O3. The number of carbonyl (C=O) groups excluding carboxylic acids is 1. The SMILES string of the molecule is COc1ccc(N(C)C(=O)CNc2nc(-c3cccnc3)nc(OC)c2C)cc1. The van der Waals surface area contributed by atoms with Gasteiger partial charge in [0.2, 0.25) is 11.8 Å². The van der Waals surface area contributed by atoms with Crippen LogP contribution < -0.4 is 19.7 Å². The number of carbonyl (C=O) groups is 1. The average Bonchev–Trinajstić information content (AvgIpc) is 2.78. The molecule has 0 fully saturated rings. The van der Waals surface area contributed by atoms with Gasteiger partial charge in [-0.15, -0.1) is 0 Å². The topological polar surface area (TPSA) is 89.5 Å². The number of benzene rings is 1. The third-order valence-corrected chi connectivity index (χ3v) is 4.46. The van der Waals surface area contributed by atoms with Gasteiger partial charge in [0.05, 0.1) is 26.3 Å². The highest BCUT2D eigenvalue weighted by Gasteiger charge is 2.16. The first-order valence-corrected chi connectivity index (χ1v) is 9.01. The Hall–Kier alpha value is -3.68. The number of ether oxygens (including phenoxy) is 2. The van der Waals surface area contributed by atoms with E-state index in [4.69, 9.17) is 9.47 Å². The number of hydrogen-bond acceptors (Lipinski definition) is 7. The number of methoxy groups -OCH3 is 2.